The van der Waals surface area contributed by atoms with Crippen molar-refractivity contribution in [3.8, 4) is 0 Å². The van der Waals surface area contributed by atoms with Crippen molar-refractivity contribution in [1.82, 2.24) is 15.1 Å². The third-order valence-electron chi connectivity index (χ3n) is 9.39. The van der Waals surface area contributed by atoms with Crippen LogP contribution in [0.5, 0.6) is 0 Å². The minimum Gasteiger partial charge on any atom is -0.438 e. The number of amides is 3. The summed E-state index contributed by atoms with van der Waals surface area (Å²) in [5.41, 5.74) is 2.60. The van der Waals surface area contributed by atoms with Crippen molar-refractivity contribution >= 4 is 48.6 Å². The molecule has 57 heavy (non-hydrogen) atoms. The Morgan fingerprint density at radius 3 is 2.00 bits per heavy atom. The van der Waals surface area contributed by atoms with E-state index in [0.717, 1.165) is 23.1 Å². The van der Waals surface area contributed by atoms with Crippen LogP contribution in [0.4, 0.5) is 13.6 Å². The molecule has 2 fully saturated rings. The topological polar surface area (TPSA) is 227 Å². The number of benzene rings is 1. The number of carbonyl (C=O) groups is 6. The number of alkyl halides is 2. The molecule has 1 aromatic rings. The molecule has 2 heterocycles. The van der Waals surface area contributed by atoms with Gasteiger partial charge in [-0.2, -0.15) is 8.78 Å². The van der Waals surface area contributed by atoms with Crippen molar-refractivity contribution in [2.45, 2.75) is 111 Å². The molecular weight excluding hydrogens is 771 g/mol. The molecular formula is C38H56F2N5O11P. The summed E-state index contributed by atoms with van der Waals surface area (Å²) in [6, 6.07) is 1.19. The number of rotatable bonds is 19. The zero-order valence-electron chi connectivity index (χ0n) is 33.9. The van der Waals surface area contributed by atoms with Gasteiger partial charge in [0.15, 0.2) is 0 Å². The van der Waals surface area contributed by atoms with Crippen molar-refractivity contribution in [3.63, 3.8) is 0 Å². The van der Waals surface area contributed by atoms with Gasteiger partial charge in [0, 0.05) is 18.7 Å². The number of nitrogens with two attached hydrogens (primary N) is 2. The predicted molar refractivity (Wildman–Crippen MR) is 204 cm³/mol. The molecule has 19 heteroatoms. The van der Waals surface area contributed by atoms with Crippen molar-refractivity contribution in [2.24, 2.45) is 22.3 Å². The molecule has 2 aliphatic rings. The average Bonchev–Trinajstić information content (AvgIpc) is 3.69. The Morgan fingerprint density at radius 2 is 1.54 bits per heavy atom. The lowest BCUT2D eigenvalue weighted by atomic mass is 9.83. The normalized spacial score (nSPS) is 19.9. The smallest absolute Gasteiger partial charge is 0.410 e. The van der Waals surface area contributed by atoms with E-state index in [-0.39, 0.29) is 30.6 Å². The summed E-state index contributed by atoms with van der Waals surface area (Å²) in [5.74, 6) is -4.28. The number of urea groups is 1. The minimum atomic E-state index is -5.61. The van der Waals surface area contributed by atoms with E-state index in [0.29, 0.717) is 37.1 Å². The molecule has 1 unspecified atom stereocenters. The summed E-state index contributed by atoms with van der Waals surface area (Å²) < 4.78 is 65.6. The first-order valence-electron chi connectivity index (χ1n) is 18.8. The zero-order chi connectivity index (χ0) is 43.1. The van der Waals surface area contributed by atoms with E-state index in [4.69, 9.17) is 30.0 Å². The number of esters is 2. The van der Waals surface area contributed by atoms with E-state index in [1.54, 1.807) is 0 Å². The Bertz CT molecular complexity index is 1720. The molecule has 0 spiro atoms. The van der Waals surface area contributed by atoms with Gasteiger partial charge < -0.3 is 26.3 Å². The Labute approximate surface area is 331 Å². The van der Waals surface area contributed by atoms with Crippen LogP contribution in [0.15, 0.2) is 30.3 Å². The number of ether oxygens (including phenoxy) is 2. The fourth-order valence-corrected chi connectivity index (χ4v) is 7.24. The maximum atomic E-state index is 16.1. The average molecular weight is 828 g/mol. The quantitative estimate of drug-likeness (QED) is 0.0561. The Hall–Kier alpha value is -3.93. The van der Waals surface area contributed by atoms with Crippen LogP contribution in [0, 0.1) is 10.8 Å². The summed E-state index contributed by atoms with van der Waals surface area (Å²) in [6.45, 7) is 10.1. The monoisotopic (exact) mass is 827 g/mol. The minimum absolute atomic E-state index is 0.140. The molecule has 16 nitrogen and oxygen atoms in total. The van der Waals surface area contributed by atoms with Crippen LogP contribution < -0.4 is 16.8 Å². The number of halogens is 2. The number of hydrogen-bond acceptors (Lipinski definition) is 14. The molecule has 318 valence electrons. The van der Waals surface area contributed by atoms with Crippen LogP contribution in [-0.2, 0) is 52.7 Å². The summed E-state index contributed by atoms with van der Waals surface area (Å²) in [4.78, 5) is 82.0. The predicted octanol–water partition coefficient (Wildman–Crippen LogP) is 4.79. The van der Waals surface area contributed by atoms with Crippen LogP contribution in [-0.4, -0.2) is 96.2 Å². The van der Waals surface area contributed by atoms with Crippen LogP contribution in [0.1, 0.15) is 98.6 Å². The van der Waals surface area contributed by atoms with Gasteiger partial charge in [0.1, 0.15) is 0 Å². The number of imide groups is 1. The second-order valence-corrected chi connectivity index (χ2v) is 18.1. The first kappa shape index (κ1) is 47.4. The second kappa shape index (κ2) is 18.8. The van der Waals surface area contributed by atoms with Gasteiger partial charge in [-0.25, -0.2) is 9.69 Å². The highest BCUT2D eigenvalue weighted by Crippen LogP contribution is 2.67. The van der Waals surface area contributed by atoms with E-state index in [9.17, 15) is 33.3 Å². The van der Waals surface area contributed by atoms with Gasteiger partial charge >= 0.3 is 31.2 Å². The Kier molecular flexibility index (Phi) is 15.6. The van der Waals surface area contributed by atoms with Gasteiger partial charge in [-0.15, -0.1) is 0 Å². The van der Waals surface area contributed by atoms with Crippen LogP contribution >= 0.6 is 7.60 Å². The van der Waals surface area contributed by atoms with Gasteiger partial charge in [-0.1, -0.05) is 44.0 Å². The third-order valence-corrected chi connectivity index (χ3v) is 11.2. The summed E-state index contributed by atoms with van der Waals surface area (Å²) in [7, 11) is -5.61. The summed E-state index contributed by atoms with van der Waals surface area (Å²) in [6.07, 6.45) is 3.41. The largest absolute Gasteiger partial charge is 0.438 e. The lowest BCUT2D eigenvalue weighted by molar-refractivity contribution is -0.174. The Morgan fingerprint density at radius 1 is 1.00 bits per heavy atom. The summed E-state index contributed by atoms with van der Waals surface area (Å²) in [5, 5.41) is 2.99. The number of Topliss-reactive ketones (excluding diaryl/α,β-unsaturated/α-hetero) is 1. The first-order valence-corrected chi connectivity index (χ1v) is 20.3. The fourth-order valence-electron chi connectivity index (χ4n) is 5.99. The molecule has 5 N–H and O–H groups in total. The molecule has 2 saturated heterocycles. The fraction of sp³-hybridized carbons (Fsp3) is 0.632. The number of carbonyl (C=O) groups excluding carboxylic acids is 6. The van der Waals surface area contributed by atoms with E-state index >= 15 is 8.78 Å². The number of nitrogens with zero attached hydrogens (tertiary/aromatic N) is 2. The van der Waals surface area contributed by atoms with Gasteiger partial charge in [0.2, 0.25) is 31.1 Å². The second-order valence-electron chi connectivity index (χ2n) is 16.0. The van der Waals surface area contributed by atoms with Crippen LogP contribution in [0.2, 0.25) is 0 Å². The van der Waals surface area contributed by atoms with Crippen LogP contribution in [0.25, 0.3) is 5.57 Å². The molecule has 3 amide bonds. The summed E-state index contributed by atoms with van der Waals surface area (Å²) >= 11 is 0. The third kappa shape index (κ3) is 10.2. The number of allylic oxidation sites excluding steroid dienone is 1. The first-order chi connectivity index (χ1) is 26.4. The van der Waals surface area contributed by atoms with Crippen molar-refractivity contribution in [2.75, 3.05) is 33.2 Å². The standard InChI is InChI=1S/C38H56F2N5O11P/c1-9-10-12-27(42)30(47)37(44(20-18-41)34(51)45(37)31(48)28-13-11-19-43-28)29(46)21-24(2)25-14-16-26(17-15-25)38(39,40)57(52,55-22-53-32(49)35(3,4)5)56-23-54-33(50)36(6,7)8/h14-17,21,27-28,43H,9-13,18-20,22-23,41-42H2,1-8H3/t27-,28-,37?/m0/s1. The molecule has 0 aromatic heterocycles. The molecule has 3 atom stereocenters. The van der Waals surface area contributed by atoms with E-state index < -0.39 is 96.4 Å². The van der Waals surface area contributed by atoms with E-state index in [1.165, 1.54) is 60.6 Å². The highest BCUT2D eigenvalue weighted by Gasteiger charge is 2.70. The van der Waals surface area contributed by atoms with Gasteiger partial charge in [0.05, 0.1) is 22.9 Å². The van der Waals surface area contributed by atoms with E-state index in [2.05, 4.69) is 5.32 Å². The Balaban J connectivity index is 2.01. The molecule has 3 rings (SSSR count). The van der Waals surface area contributed by atoms with Crippen molar-refractivity contribution < 1.29 is 60.6 Å². The molecule has 0 bridgehead atoms. The maximum absolute atomic E-state index is 16.1. The highest BCUT2D eigenvalue weighted by molar-refractivity contribution is 7.54. The lowest BCUT2D eigenvalue weighted by Crippen LogP contribution is -2.87. The molecule has 0 radical (unpaired) electrons. The van der Waals surface area contributed by atoms with E-state index in [1.807, 2.05) is 6.92 Å². The zero-order valence-corrected chi connectivity index (χ0v) is 34.7. The lowest BCUT2D eigenvalue weighted by Gasteiger charge is -2.57. The highest BCUT2D eigenvalue weighted by atomic mass is 31.2. The maximum Gasteiger partial charge on any atom is 0.410 e. The van der Waals surface area contributed by atoms with Gasteiger partial charge in [0.25, 0.3) is 5.66 Å². The van der Waals surface area contributed by atoms with Gasteiger partial charge in [-0.05, 0) is 91.5 Å². The van der Waals surface area contributed by atoms with Crippen molar-refractivity contribution in [3.05, 3.63) is 41.5 Å². The molecule has 1 aromatic carbocycles. The molecule has 2 aliphatic heterocycles. The van der Waals surface area contributed by atoms with Crippen LogP contribution in [0.3, 0.4) is 0 Å². The molecule has 0 aliphatic carbocycles. The number of hydrogen-bond donors (Lipinski definition) is 3. The van der Waals surface area contributed by atoms with Gasteiger partial charge in [-0.3, -0.25) is 42.5 Å². The molecule has 0 saturated carbocycles. The number of unbranched alkanes of at least 4 members (excludes halogenated alkanes) is 1. The number of nitrogens with one attached hydrogen (secondary N) is 1. The SMILES string of the molecule is CCCC[C@H](N)C(=O)C1(C(=O)C=C(C)c2ccc(C(F)(F)P(=O)(OCOC(=O)C(C)(C)C)OCOC(=O)C(C)(C)C)cc2)N(CCN)C(=O)N1C(=O)[C@@H]1CCCN1. The van der Waals surface area contributed by atoms with Crippen molar-refractivity contribution in [1.29, 1.82) is 0 Å². The number of ketones is 2.